The van der Waals surface area contributed by atoms with Crippen LogP contribution < -0.4 is 10.6 Å². The third kappa shape index (κ3) is 7.37. The molecule has 0 aromatic heterocycles. The molecular formula is C25H34N2O2. The van der Waals surface area contributed by atoms with E-state index in [4.69, 9.17) is 0 Å². The minimum Gasteiger partial charge on any atom is -0.326 e. The summed E-state index contributed by atoms with van der Waals surface area (Å²) in [5.74, 6) is 0.157. The van der Waals surface area contributed by atoms with E-state index >= 15 is 0 Å². The standard InChI is InChI=1S/C25H34N2O2/c1-5-7-9-24(28)26-22-13-11-20(15-18(22)3)17-21-12-14-23(19(4)16-21)27-25(29)10-8-6-2/h11-16H,5-10,17H2,1-4H3,(H,26,28)(H,27,29). The summed E-state index contributed by atoms with van der Waals surface area (Å²) < 4.78 is 0. The highest BCUT2D eigenvalue weighted by Crippen LogP contribution is 2.22. The molecule has 0 bridgehead atoms. The lowest BCUT2D eigenvalue weighted by atomic mass is 10.00. The number of anilines is 2. The first-order valence-corrected chi connectivity index (χ1v) is 10.7. The molecule has 0 fully saturated rings. The second-order valence-electron chi connectivity index (χ2n) is 7.78. The third-order valence-corrected chi connectivity index (χ3v) is 5.05. The largest absolute Gasteiger partial charge is 0.326 e. The molecule has 2 N–H and O–H groups in total. The summed E-state index contributed by atoms with van der Waals surface area (Å²) in [5.41, 5.74) is 6.32. The zero-order chi connectivity index (χ0) is 21.2. The molecule has 0 unspecified atom stereocenters. The number of hydrogen-bond donors (Lipinski definition) is 2. The number of hydrogen-bond acceptors (Lipinski definition) is 2. The van der Waals surface area contributed by atoms with Gasteiger partial charge in [0.25, 0.3) is 0 Å². The van der Waals surface area contributed by atoms with Crippen molar-refractivity contribution < 1.29 is 9.59 Å². The van der Waals surface area contributed by atoms with Crippen LogP contribution in [0.15, 0.2) is 36.4 Å². The summed E-state index contributed by atoms with van der Waals surface area (Å²) >= 11 is 0. The summed E-state index contributed by atoms with van der Waals surface area (Å²) in [6.07, 6.45) is 5.82. The molecule has 0 heterocycles. The van der Waals surface area contributed by atoms with Crippen molar-refractivity contribution in [1.82, 2.24) is 0 Å². The van der Waals surface area contributed by atoms with Gasteiger partial charge in [0.1, 0.15) is 0 Å². The number of unbranched alkanes of at least 4 members (excludes halogenated alkanes) is 2. The Balaban J connectivity index is 2.00. The van der Waals surface area contributed by atoms with Gasteiger partial charge in [-0.05, 0) is 67.5 Å². The van der Waals surface area contributed by atoms with E-state index in [1.54, 1.807) is 0 Å². The summed E-state index contributed by atoms with van der Waals surface area (Å²) in [7, 11) is 0. The first kappa shape index (κ1) is 22.7. The van der Waals surface area contributed by atoms with E-state index < -0.39 is 0 Å². The van der Waals surface area contributed by atoms with Crippen molar-refractivity contribution in [1.29, 1.82) is 0 Å². The molecule has 2 aromatic carbocycles. The molecule has 4 heteroatoms. The highest BCUT2D eigenvalue weighted by Gasteiger charge is 2.08. The predicted octanol–water partition coefficient (Wildman–Crippen LogP) is 6.15. The Morgan fingerprint density at radius 2 is 1.14 bits per heavy atom. The summed E-state index contributed by atoms with van der Waals surface area (Å²) in [6, 6.07) is 12.4. The molecule has 2 aromatic rings. The van der Waals surface area contributed by atoms with Gasteiger partial charge in [0.05, 0.1) is 0 Å². The Kier molecular flexibility index (Phi) is 8.91. The van der Waals surface area contributed by atoms with Crippen LogP contribution in [0.2, 0.25) is 0 Å². The summed E-state index contributed by atoms with van der Waals surface area (Å²) in [6.45, 7) is 8.22. The average Bonchev–Trinajstić information content (AvgIpc) is 2.69. The van der Waals surface area contributed by atoms with Crippen LogP contribution in [0.5, 0.6) is 0 Å². The zero-order valence-corrected chi connectivity index (χ0v) is 18.2. The van der Waals surface area contributed by atoms with Gasteiger partial charge in [0.2, 0.25) is 11.8 Å². The third-order valence-electron chi connectivity index (χ3n) is 5.05. The lowest BCUT2D eigenvalue weighted by Gasteiger charge is -2.12. The predicted molar refractivity (Wildman–Crippen MR) is 121 cm³/mol. The van der Waals surface area contributed by atoms with E-state index in [9.17, 15) is 9.59 Å². The van der Waals surface area contributed by atoms with E-state index in [1.807, 2.05) is 26.0 Å². The molecule has 29 heavy (non-hydrogen) atoms. The molecule has 0 atom stereocenters. The van der Waals surface area contributed by atoms with Gasteiger partial charge in [0, 0.05) is 24.2 Å². The Hall–Kier alpha value is -2.62. The number of carbonyl (C=O) groups is 2. The minimum absolute atomic E-state index is 0.0786. The van der Waals surface area contributed by atoms with Gasteiger partial charge in [-0.3, -0.25) is 9.59 Å². The van der Waals surface area contributed by atoms with Crippen molar-refractivity contribution in [3.8, 4) is 0 Å². The lowest BCUT2D eigenvalue weighted by molar-refractivity contribution is -0.117. The Morgan fingerprint density at radius 3 is 1.48 bits per heavy atom. The molecule has 0 aliphatic carbocycles. The Bertz CT molecular complexity index is 773. The van der Waals surface area contributed by atoms with Gasteiger partial charge in [-0.25, -0.2) is 0 Å². The number of rotatable bonds is 10. The fourth-order valence-corrected chi connectivity index (χ4v) is 3.29. The first-order chi connectivity index (χ1) is 13.9. The fourth-order valence-electron chi connectivity index (χ4n) is 3.29. The molecule has 0 aliphatic rings. The number of benzene rings is 2. The summed E-state index contributed by atoms with van der Waals surface area (Å²) in [5, 5.41) is 6.01. The number of amides is 2. The van der Waals surface area contributed by atoms with Gasteiger partial charge in [0.15, 0.2) is 0 Å². The van der Waals surface area contributed by atoms with Gasteiger partial charge in [-0.15, -0.1) is 0 Å². The van der Waals surface area contributed by atoms with Crippen molar-refractivity contribution in [2.75, 3.05) is 10.6 Å². The van der Waals surface area contributed by atoms with Crippen LogP contribution in [-0.4, -0.2) is 11.8 Å². The molecule has 0 saturated heterocycles. The highest BCUT2D eigenvalue weighted by molar-refractivity contribution is 5.92. The van der Waals surface area contributed by atoms with Crippen LogP contribution in [0.3, 0.4) is 0 Å². The van der Waals surface area contributed by atoms with Crippen LogP contribution in [0.4, 0.5) is 11.4 Å². The Morgan fingerprint density at radius 1 is 0.724 bits per heavy atom. The first-order valence-electron chi connectivity index (χ1n) is 10.7. The van der Waals surface area contributed by atoms with E-state index in [-0.39, 0.29) is 11.8 Å². The Labute approximate surface area is 175 Å². The van der Waals surface area contributed by atoms with Gasteiger partial charge in [-0.2, -0.15) is 0 Å². The number of nitrogens with one attached hydrogen (secondary N) is 2. The monoisotopic (exact) mass is 394 g/mol. The molecule has 4 nitrogen and oxygen atoms in total. The van der Waals surface area contributed by atoms with E-state index in [0.29, 0.717) is 12.8 Å². The smallest absolute Gasteiger partial charge is 0.224 e. The number of aryl methyl sites for hydroxylation is 2. The maximum absolute atomic E-state index is 12.0. The molecule has 0 aliphatic heterocycles. The highest BCUT2D eigenvalue weighted by atomic mass is 16.2. The molecule has 0 saturated carbocycles. The molecule has 156 valence electrons. The lowest BCUT2D eigenvalue weighted by Crippen LogP contribution is -2.12. The van der Waals surface area contributed by atoms with Crippen molar-refractivity contribution >= 4 is 23.2 Å². The van der Waals surface area contributed by atoms with Crippen LogP contribution in [-0.2, 0) is 16.0 Å². The fraction of sp³-hybridized carbons (Fsp3) is 0.440. The molecular weight excluding hydrogens is 360 g/mol. The van der Waals surface area contributed by atoms with Crippen molar-refractivity contribution in [3.05, 3.63) is 58.7 Å². The minimum atomic E-state index is 0.0786. The van der Waals surface area contributed by atoms with Crippen LogP contribution in [0.1, 0.15) is 74.6 Å². The normalized spacial score (nSPS) is 10.6. The molecule has 0 spiro atoms. The maximum atomic E-state index is 12.0. The quantitative estimate of drug-likeness (QED) is 0.507. The van der Waals surface area contributed by atoms with Gasteiger partial charge >= 0.3 is 0 Å². The topological polar surface area (TPSA) is 58.2 Å². The molecule has 0 radical (unpaired) electrons. The molecule has 2 amide bonds. The SMILES string of the molecule is CCCCC(=O)Nc1ccc(Cc2ccc(NC(=O)CCCC)c(C)c2)cc1C. The van der Waals surface area contributed by atoms with Crippen LogP contribution in [0.25, 0.3) is 0 Å². The van der Waals surface area contributed by atoms with E-state index in [1.165, 1.54) is 11.1 Å². The van der Waals surface area contributed by atoms with Gasteiger partial charge < -0.3 is 10.6 Å². The van der Waals surface area contributed by atoms with Crippen LogP contribution in [0, 0.1) is 13.8 Å². The summed E-state index contributed by atoms with van der Waals surface area (Å²) in [4.78, 5) is 23.9. The van der Waals surface area contributed by atoms with Crippen molar-refractivity contribution in [2.45, 2.75) is 72.6 Å². The van der Waals surface area contributed by atoms with Gasteiger partial charge in [-0.1, -0.05) is 51.0 Å². The second-order valence-corrected chi connectivity index (χ2v) is 7.78. The van der Waals surface area contributed by atoms with Crippen molar-refractivity contribution in [2.24, 2.45) is 0 Å². The van der Waals surface area contributed by atoms with E-state index in [2.05, 4.69) is 48.7 Å². The second kappa shape index (κ2) is 11.4. The zero-order valence-electron chi connectivity index (χ0n) is 18.2. The molecule has 2 rings (SSSR count). The van der Waals surface area contributed by atoms with Crippen molar-refractivity contribution in [3.63, 3.8) is 0 Å². The van der Waals surface area contributed by atoms with E-state index in [0.717, 1.165) is 54.6 Å². The maximum Gasteiger partial charge on any atom is 0.224 e. The average molecular weight is 395 g/mol. The van der Waals surface area contributed by atoms with Crippen LogP contribution >= 0.6 is 0 Å². The number of carbonyl (C=O) groups excluding carboxylic acids is 2.